The molecule has 180 valence electrons. The molecule has 3 atom stereocenters. The fraction of sp³-hybridized carbons (Fsp3) is 0.640. The Morgan fingerprint density at radius 3 is 2.67 bits per heavy atom. The van der Waals surface area contributed by atoms with Gasteiger partial charge >= 0.3 is 0 Å². The zero-order chi connectivity index (χ0) is 23.4. The SMILES string of the molecule is CCCC(=O)Nc1ccc2c(c1)C(=O)N(C)[C@@H]1CC[C@H](CC(=O)NC3CCCC3)O[C@H]1CO2. The van der Waals surface area contributed by atoms with Crippen LogP contribution in [0.1, 0.15) is 75.1 Å². The van der Waals surface area contributed by atoms with Crippen molar-refractivity contribution in [1.29, 1.82) is 0 Å². The molecule has 33 heavy (non-hydrogen) atoms. The van der Waals surface area contributed by atoms with Gasteiger partial charge in [-0.1, -0.05) is 19.8 Å². The summed E-state index contributed by atoms with van der Waals surface area (Å²) >= 11 is 0. The first-order chi connectivity index (χ1) is 15.9. The summed E-state index contributed by atoms with van der Waals surface area (Å²) in [6, 6.07) is 5.32. The van der Waals surface area contributed by atoms with Crippen molar-refractivity contribution >= 4 is 23.4 Å². The van der Waals surface area contributed by atoms with Crippen LogP contribution < -0.4 is 15.4 Å². The summed E-state index contributed by atoms with van der Waals surface area (Å²) in [5.41, 5.74) is 1.02. The third-order valence-corrected chi connectivity index (χ3v) is 6.91. The van der Waals surface area contributed by atoms with Crippen LogP contribution in [0.3, 0.4) is 0 Å². The van der Waals surface area contributed by atoms with Crippen molar-refractivity contribution in [3.05, 3.63) is 23.8 Å². The van der Waals surface area contributed by atoms with Gasteiger partial charge in [0.25, 0.3) is 5.91 Å². The second-order valence-electron chi connectivity index (χ2n) is 9.43. The van der Waals surface area contributed by atoms with Gasteiger partial charge in [0.15, 0.2) is 0 Å². The molecule has 3 aliphatic rings. The summed E-state index contributed by atoms with van der Waals surface area (Å²) in [4.78, 5) is 39.4. The van der Waals surface area contributed by atoms with Crippen LogP contribution in [0.4, 0.5) is 5.69 Å². The summed E-state index contributed by atoms with van der Waals surface area (Å²) in [7, 11) is 1.79. The van der Waals surface area contributed by atoms with Crippen LogP contribution in [0, 0.1) is 0 Å². The number of likely N-dealkylation sites (N-methyl/N-ethyl adjacent to an activating group) is 1. The Balaban J connectivity index is 1.41. The molecule has 8 heteroatoms. The minimum absolute atomic E-state index is 0.0459. The van der Waals surface area contributed by atoms with Crippen molar-refractivity contribution in [1.82, 2.24) is 10.2 Å². The minimum Gasteiger partial charge on any atom is -0.490 e. The van der Waals surface area contributed by atoms with Crippen LogP contribution in [0.25, 0.3) is 0 Å². The number of amides is 3. The van der Waals surface area contributed by atoms with Gasteiger partial charge < -0.3 is 25.0 Å². The molecule has 1 aromatic rings. The zero-order valence-corrected chi connectivity index (χ0v) is 19.6. The average Bonchev–Trinajstić information content (AvgIpc) is 3.29. The average molecular weight is 458 g/mol. The van der Waals surface area contributed by atoms with E-state index >= 15 is 0 Å². The number of hydrogen-bond acceptors (Lipinski definition) is 5. The van der Waals surface area contributed by atoms with Crippen molar-refractivity contribution in [3.63, 3.8) is 0 Å². The predicted octanol–water partition coefficient (Wildman–Crippen LogP) is 3.25. The second-order valence-corrected chi connectivity index (χ2v) is 9.43. The molecule has 0 spiro atoms. The first-order valence-electron chi connectivity index (χ1n) is 12.2. The smallest absolute Gasteiger partial charge is 0.257 e. The normalized spacial score (nSPS) is 25.3. The molecular weight excluding hydrogens is 422 g/mol. The van der Waals surface area contributed by atoms with E-state index in [0.717, 1.165) is 32.1 Å². The number of ether oxygens (including phenoxy) is 2. The topological polar surface area (TPSA) is 97.0 Å². The van der Waals surface area contributed by atoms with E-state index in [0.29, 0.717) is 42.5 Å². The lowest BCUT2D eigenvalue weighted by atomic mass is 9.94. The summed E-state index contributed by atoms with van der Waals surface area (Å²) in [6.45, 7) is 2.25. The van der Waals surface area contributed by atoms with Crippen LogP contribution in [0.2, 0.25) is 0 Å². The highest BCUT2D eigenvalue weighted by molar-refractivity contribution is 5.99. The maximum Gasteiger partial charge on any atom is 0.257 e. The molecular formula is C25H35N3O5. The lowest BCUT2D eigenvalue weighted by Gasteiger charge is -2.42. The monoisotopic (exact) mass is 457 g/mol. The van der Waals surface area contributed by atoms with E-state index in [1.165, 1.54) is 12.8 Å². The number of benzene rings is 1. The Morgan fingerprint density at radius 1 is 1.12 bits per heavy atom. The van der Waals surface area contributed by atoms with E-state index in [9.17, 15) is 14.4 Å². The number of nitrogens with one attached hydrogen (secondary N) is 2. The highest BCUT2D eigenvalue weighted by Crippen LogP contribution is 2.32. The molecule has 1 saturated carbocycles. The third-order valence-electron chi connectivity index (χ3n) is 6.91. The summed E-state index contributed by atoms with van der Waals surface area (Å²) in [6.07, 6.45) is 7.02. The van der Waals surface area contributed by atoms with Crippen LogP contribution in [-0.2, 0) is 14.3 Å². The van der Waals surface area contributed by atoms with E-state index in [-0.39, 0.29) is 36.0 Å². The summed E-state index contributed by atoms with van der Waals surface area (Å²) < 4.78 is 12.3. The fourth-order valence-electron chi connectivity index (χ4n) is 5.12. The van der Waals surface area contributed by atoms with Crippen LogP contribution >= 0.6 is 0 Å². The molecule has 8 nitrogen and oxygen atoms in total. The fourth-order valence-corrected chi connectivity index (χ4v) is 5.12. The van der Waals surface area contributed by atoms with Gasteiger partial charge in [-0.05, 0) is 50.3 Å². The van der Waals surface area contributed by atoms with Gasteiger partial charge in [0, 0.05) is 25.2 Å². The molecule has 0 radical (unpaired) electrons. The van der Waals surface area contributed by atoms with Gasteiger partial charge in [0.1, 0.15) is 18.5 Å². The van der Waals surface area contributed by atoms with Crippen LogP contribution in [0.15, 0.2) is 18.2 Å². The molecule has 0 aromatic heterocycles. The molecule has 1 aromatic carbocycles. The van der Waals surface area contributed by atoms with E-state index in [2.05, 4.69) is 10.6 Å². The lowest BCUT2D eigenvalue weighted by molar-refractivity contribution is -0.134. The molecule has 0 unspecified atom stereocenters. The summed E-state index contributed by atoms with van der Waals surface area (Å²) in [5, 5.41) is 5.97. The Morgan fingerprint density at radius 2 is 1.91 bits per heavy atom. The molecule has 1 saturated heterocycles. The first kappa shape index (κ1) is 23.5. The van der Waals surface area contributed by atoms with Crippen LogP contribution in [-0.4, -0.2) is 60.6 Å². The molecule has 2 heterocycles. The Kier molecular flexibility index (Phi) is 7.53. The first-order valence-corrected chi connectivity index (χ1v) is 12.2. The number of fused-ring (bicyclic) bond motifs is 2. The molecule has 4 rings (SSSR count). The summed E-state index contributed by atoms with van der Waals surface area (Å²) in [5.74, 6) is 0.286. The van der Waals surface area contributed by atoms with Gasteiger partial charge in [-0.2, -0.15) is 0 Å². The third kappa shape index (κ3) is 5.66. The highest BCUT2D eigenvalue weighted by Gasteiger charge is 2.39. The van der Waals surface area contributed by atoms with Gasteiger partial charge in [-0.3, -0.25) is 14.4 Å². The number of carbonyl (C=O) groups is 3. The quantitative estimate of drug-likeness (QED) is 0.684. The maximum atomic E-state index is 13.3. The Labute approximate surface area is 195 Å². The number of rotatable bonds is 6. The van der Waals surface area contributed by atoms with Gasteiger partial charge in [0.2, 0.25) is 11.8 Å². The number of carbonyl (C=O) groups excluding carboxylic acids is 3. The Bertz CT molecular complexity index is 883. The van der Waals surface area contributed by atoms with Crippen LogP contribution in [0.5, 0.6) is 5.75 Å². The van der Waals surface area contributed by atoms with Crippen molar-refractivity contribution in [2.24, 2.45) is 0 Å². The molecule has 2 fully saturated rings. The van der Waals surface area contributed by atoms with E-state index in [1.54, 1.807) is 30.1 Å². The minimum atomic E-state index is -0.297. The Hall–Kier alpha value is -2.61. The van der Waals surface area contributed by atoms with Crippen molar-refractivity contribution in [3.8, 4) is 5.75 Å². The lowest BCUT2D eigenvalue weighted by Crippen LogP contribution is -2.54. The van der Waals surface area contributed by atoms with Crippen molar-refractivity contribution in [2.75, 3.05) is 19.0 Å². The molecule has 2 aliphatic heterocycles. The molecule has 3 amide bonds. The molecule has 1 aliphatic carbocycles. The maximum absolute atomic E-state index is 13.3. The highest BCUT2D eigenvalue weighted by atomic mass is 16.5. The second kappa shape index (κ2) is 10.5. The number of hydrogen-bond donors (Lipinski definition) is 2. The van der Waals surface area contributed by atoms with Gasteiger partial charge in [0.05, 0.1) is 24.1 Å². The molecule has 0 bridgehead atoms. The van der Waals surface area contributed by atoms with Crippen molar-refractivity contribution in [2.45, 2.75) is 89.0 Å². The largest absolute Gasteiger partial charge is 0.490 e. The van der Waals surface area contributed by atoms with E-state index < -0.39 is 0 Å². The molecule has 2 N–H and O–H groups in total. The number of nitrogens with zero attached hydrogens (tertiary/aromatic N) is 1. The van der Waals surface area contributed by atoms with Crippen molar-refractivity contribution < 1.29 is 23.9 Å². The van der Waals surface area contributed by atoms with E-state index in [1.807, 2.05) is 6.92 Å². The zero-order valence-electron chi connectivity index (χ0n) is 19.6. The standard InChI is InChI=1S/C25H35N3O5/c1-3-6-23(29)27-17-9-12-21-19(13-17)25(31)28(2)20-11-10-18(33-22(20)15-32-21)14-24(30)26-16-7-4-5-8-16/h9,12-13,16,18,20,22H,3-8,10-11,14-15H2,1-2H3,(H,26,30)(H,27,29)/t18-,20-,22+/m1/s1. The number of anilines is 1. The van der Waals surface area contributed by atoms with Gasteiger partial charge in [-0.15, -0.1) is 0 Å². The van der Waals surface area contributed by atoms with E-state index in [4.69, 9.17) is 9.47 Å². The van der Waals surface area contributed by atoms with Gasteiger partial charge in [-0.25, -0.2) is 0 Å². The predicted molar refractivity (Wildman–Crippen MR) is 124 cm³/mol.